The van der Waals surface area contributed by atoms with Gasteiger partial charge in [0.25, 0.3) is 5.69 Å². The molecule has 0 aromatic heterocycles. The number of carboxylic acids is 1. The number of allylic oxidation sites excluding steroid dienone is 1. The SMILES string of the molecule is CC(Oc1ccc(C(=O)/C=C/c2ccc(Cl)c([N+](=O)[O-])c2)cc1)C(=O)O. The zero-order chi connectivity index (χ0) is 19.3. The second-order valence-corrected chi connectivity index (χ2v) is 5.70. The Kier molecular flexibility index (Phi) is 6.08. The highest BCUT2D eigenvalue weighted by Crippen LogP contribution is 2.25. The molecule has 134 valence electrons. The van der Waals surface area contributed by atoms with Crippen molar-refractivity contribution >= 4 is 35.1 Å². The maximum absolute atomic E-state index is 12.2. The van der Waals surface area contributed by atoms with Gasteiger partial charge in [0.15, 0.2) is 11.9 Å². The maximum Gasteiger partial charge on any atom is 0.344 e. The number of ketones is 1. The lowest BCUT2D eigenvalue weighted by atomic mass is 10.1. The van der Waals surface area contributed by atoms with Crippen molar-refractivity contribution in [2.75, 3.05) is 0 Å². The first kappa shape index (κ1) is 19.1. The molecule has 0 aliphatic carbocycles. The van der Waals surface area contributed by atoms with E-state index in [9.17, 15) is 19.7 Å². The van der Waals surface area contributed by atoms with E-state index in [2.05, 4.69) is 0 Å². The summed E-state index contributed by atoms with van der Waals surface area (Å²) in [7, 11) is 0. The molecule has 7 nitrogen and oxygen atoms in total. The van der Waals surface area contributed by atoms with Gasteiger partial charge in [-0.15, -0.1) is 0 Å². The molecule has 8 heteroatoms. The Labute approximate surface area is 153 Å². The maximum atomic E-state index is 12.2. The summed E-state index contributed by atoms with van der Waals surface area (Å²) in [5.41, 5.74) is 0.583. The van der Waals surface area contributed by atoms with Crippen LogP contribution in [0.25, 0.3) is 6.08 Å². The number of nitrogens with zero attached hydrogens (tertiary/aromatic N) is 1. The van der Waals surface area contributed by atoms with Crippen LogP contribution in [0.5, 0.6) is 5.75 Å². The monoisotopic (exact) mass is 375 g/mol. The van der Waals surface area contributed by atoms with E-state index < -0.39 is 17.0 Å². The molecule has 26 heavy (non-hydrogen) atoms. The molecule has 1 N–H and O–H groups in total. The average molecular weight is 376 g/mol. The number of ether oxygens (including phenoxy) is 1. The van der Waals surface area contributed by atoms with E-state index in [0.29, 0.717) is 16.9 Å². The minimum absolute atomic E-state index is 0.0182. The second kappa shape index (κ2) is 8.26. The number of halogens is 1. The van der Waals surface area contributed by atoms with Crippen LogP contribution in [0, 0.1) is 10.1 Å². The van der Waals surface area contributed by atoms with Crippen molar-refractivity contribution in [2.45, 2.75) is 13.0 Å². The van der Waals surface area contributed by atoms with Gasteiger partial charge in [-0.2, -0.15) is 0 Å². The molecule has 1 unspecified atom stereocenters. The number of carboxylic acid groups (broad SMARTS) is 1. The first-order chi connectivity index (χ1) is 12.3. The summed E-state index contributed by atoms with van der Waals surface area (Å²) >= 11 is 5.74. The molecule has 0 aliphatic rings. The molecule has 2 aromatic carbocycles. The van der Waals surface area contributed by atoms with E-state index in [1.54, 1.807) is 6.07 Å². The lowest BCUT2D eigenvalue weighted by molar-refractivity contribution is -0.384. The zero-order valence-electron chi connectivity index (χ0n) is 13.6. The number of hydrogen-bond acceptors (Lipinski definition) is 5. The first-order valence-electron chi connectivity index (χ1n) is 7.44. The molecule has 0 heterocycles. The molecule has 2 aromatic rings. The van der Waals surface area contributed by atoms with Crippen molar-refractivity contribution in [1.82, 2.24) is 0 Å². The molecular formula is C18H14ClNO6. The van der Waals surface area contributed by atoms with Gasteiger partial charge in [0.1, 0.15) is 10.8 Å². The first-order valence-corrected chi connectivity index (χ1v) is 7.81. The molecule has 1 atom stereocenters. The summed E-state index contributed by atoms with van der Waals surface area (Å²) in [5, 5.41) is 19.7. The van der Waals surface area contributed by atoms with E-state index >= 15 is 0 Å². The Bertz CT molecular complexity index is 876. The molecular weight excluding hydrogens is 362 g/mol. The minimum atomic E-state index is -1.09. The van der Waals surface area contributed by atoms with Crippen LogP contribution in [0.1, 0.15) is 22.8 Å². The van der Waals surface area contributed by atoms with Crippen molar-refractivity contribution in [2.24, 2.45) is 0 Å². The molecule has 0 bridgehead atoms. The molecule has 0 saturated carbocycles. The lowest BCUT2D eigenvalue weighted by Gasteiger charge is -2.10. The highest BCUT2D eigenvalue weighted by Gasteiger charge is 2.13. The minimum Gasteiger partial charge on any atom is -0.479 e. The van der Waals surface area contributed by atoms with Crippen LogP contribution in [0.2, 0.25) is 5.02 Å². The zero-order valence-corrected chi connectivity index (χ0v) is 14.3. The van der Waals surface area contributed by atoms with E-state index in [-0.39, 0.29) is 16.5 Å². The van der Waals surface area contributed by atoms with Gasteiger partial charge in [0, 0.05) is 11.6 Å². The number of aliphatic carboxylic acids is 1. The van der Waals surface area contributed by atoms with Crippen molar-refractivity contribution in [3.63, 3.8) is 0 Å². The number of rotatable bonds is 7. The standard InChI is InChI=1S/C18H14ClNO6/c1-11(18(22)23)26-14-6-4-13(5-7-14)17(21)9-3-12-2-8-15(19)16(10-12)20(24)25/h2-11H,1H3,(H,22,23)/b9-3+. The van der Waals surface area contributed by atoms with E-state index in [1.807, 2.05) is 0 Å². The number of nitro benzene ring substituents is 1. The molecule has 0 amide bonds. The number of hydrogen-bond donors (Lipinski definition) is 1. The van der Waals surface area contributed by atoms with E-state index in [0.717, 1.165) is 0 Å². The highest BCUT2D eigenvalue weighted by atomic mass is 35.5. The second-order valence-electron chi connectivity index (χ2n) is 5.29. The Balaban J connectivity index is 2.10. The summed E-state index contributed by atoms with van der Waals surface area (Å²) in [4.78, 5) is 33.2. The third-order valence-corrected chi connectivity index (χ3v) is 3.71. The topological polar surface area (TPSA) is 107 Å². The summed E-state index contributed by atoms with van der Waals surface area (Å²) in [6.07, 6.45) is 1.72. The van der Waals surface area contributed by atoms with Gasteiger partial charge in [-0.3, -0.25) is 14.9 Å². The van der Waals surface area contributed by atoms with Crippen molar-refractivity contribution in [3.05, 3.63) is 74.8 Å². The lowest BCUT2D eigenvalue weighted by Crippen LogP contribution is -2.22. The van der Waals surface area contributed by atoms with Crippen molar-refractivity contribution in [3.8, 4) is 5.75 Å². The van der Waals surface area contributed by atoms with Crippen molar-refractivity contribution in [1.29, 1.82) is 0 Å². The Morgan fingerprint density at radius 3 is 2.46 bits per heavy atom. The van der Waals surface area contributed by atoms with Crippen LogP contribution < -0.4 is 4.74 Å². The summed E-state index contributed by atoms with van der Waals surface area (Å²) in [5.74, 6) is -1.08. The van der Waals surface area contributed by atoms with Crippen LogP contribution in [-0.4, -0.2) is 27.9 Å². The van der Waals surface area contributed by atoms with Crippen LogP contribution in [0.4, 0.5) is 5.69 Å². The Morgan fingerprint density at radius 1 is 1.23 bits per heavy atom. The third-order valence-electron chi connectivity index (χ3n) is 3.39. The number of benzene rings is 2. The quantitative estimate of drug-likeness (QED) is 0.339. The van der Waals surface area contributed by atoms with Gasteiger partial charge in [-0.1, -0.05) is 23.7 Å². The van der Waals surface area contributed by atoms with E-state index in [1.165, 1.54) is 55.5 Å². The fourth-order valence-electron chi connectivity index (χ4n) is 1.99. The fraction of sp³-hybridized carbons (Fsp3) is 0.111. The van der Waals surface area contributed by atoms with Crippen LogP contribution >= 0.6 is 11.6 Å². The van der Waals surface area contributed by atoms with Gasteiger partial charge in [-0.05, 0) is 48.9 Å². The Morgan fingerprint density at radius 2 is 1.88 bits per heavy atom. The van der Waals surface area contributed by atoms with Gasteiger partial charge in [-0.25, -0.2) is 4.79 Å². The summed E-state index contributed by atoms with van der Waals surface area (Å²) in [6, 6.07) is 10.2. The van der Waals surface area contributed by atoms with Gasteiger partial charge in [0.05, 0.1) is 4.92 Å². The van der Waals surface area contributed by atoms with Crippen LogP contribution in [0.15, 0.2) is 48.5 Å². The smallest absolute Gasteiger partial charge is 0.344 e. The Hall–Kier alpha value is -3.19. The van der Waals surface area contributed by atoms with Gasteiger partial charge < -0.3 is 9.84 Å². The van der Waals surface area contributed by atoms with Crippen LogP contribution in [0.3, 0.4) is 0 Å². The normalized spacial score (nSPS) is 11.9. The van der Waals surface area contributed by atoms with Gasteiger partial charge in [0.2, 0.25) is 0 Å². The molecule has 0 fully saturated rings. The number of carbonyl (C=O) groups excluding carboxylic acids is 1. The summed E-state index contributed by atoms with van der Waals surface area (Å²) in [6.45, 7) is 1.40. The average Bonchev–Trinajstić information content (AvgIpc) is 2.61. The third kappa shape index (κ3) is 4.90. The number of carbonyl (C=O) groups is 2. The molecule has 0 aliphatic heterocycles. The van der Waals surface area contributed by atoms with Crippen molar-refractivity contribution < 1.29 is 24.4 Å². The van der Waals surface area contributed by atoms with E-state index in [4.69, 9.17) is 21.4 Å². The molecule has 0 spiro atoms. The van der Waals surface area contributed by atoms with Gasteiger partial charge >= 0.3 is 5.97 Å². The predicted molar refractivity (Wildman–Crippen MR) is 95.6 cm³/mol. The fourth-order valence-corrected chi connectivity index (χ4v) is 2.18. The van der Waals surface area contributed by atoms with Crippen LogP contribution in [-0.2, 0) is 4.79 Å². The molecule has 2 rings (SSSR count). The largest absolute Gasteiger partial charge is 0.479 e. The molecule has 0 radical (unpaired) electrons. The number of nitro groups is 1. The predicted octanol–water partition coefficient (Wildman–Crippen LogP) is 4.00. The summed E-state index contributed by atoms with van der Waals surface area (Å²) < 4.78 is 5.18. The molecule has 0 saturated heterocycles. The highest BCUT2D eigenvalue weighted by molar-refractivity contribution is 6.32.